The number of rotatable bonds is 12. The number of hydrogen-bond acceptors (Lipinski definition) is 5. The van der Waals surface area contributed by atoms with E-state index in [0.29, 0.717) is 37.7 Å². The fraction of sp³-hybridized carbons (Fsp3) is 0.609. The van der Waals surface area contributed by atoms with E-state index in [0.717, 1.165) is 30.6 Å². The molecule has 0 radical (unpaired) electrons. The molecule has 160 valence electrons. The van der Waals surface area contributed by atoms with Crippen LogP contribution in [0, 0.1) is 0 Å². The van der Waals surface area contributed by atoms with Crippen molar-refractivity contribution in [3.8, 4) is 0 Å². The minimum absolute atomic E-state index is 0.00266. The molecule has 0 saturated heterocycles. The van der Waals surface area contributed by atoms with Crippen molar-refractivity contribution in [2.45, 2.75) is 69.3 Å². The Hall–Kier alpha value is -1.66. The second kappa shape index (κ2) is 12.1. The van der Waals surface area contributed by atoms with Crippen LogP contribution in [0.3, 0.4) is 0 Å². The van der Waals surface area contributed by atoms with Crippen LogP contribution in [0.25, 0.3) is 0 Å². The monoisotopic (exact) mass is 419 g/mol. The summed E-state index contributed by atoms with van der Waals surface area (Å²) < 4.78 is 5.42. The molecule has 6 heteroatoms. The third kappa shape index (κ3) is 7.59. The van der Waals surface area contributed by atoms with Crippen molar-refractivity contribution in [3.05, 3.63) is 35.4 Å². The Bertz CT molecular complexity index is 687. The summed E-state index contributed by atoms with van der Waals surface area (Å²) in [5, 5.41) is 2.97. The number of Topliss-reactive ketones (excluding diaryl/α,β-unsaturated/α-hetero) is 2. The minimum atomic E-state index is -0.628. The normalized spacial score (nSPS) is 19.2. The number of unbranched alkanes of at least 4 members (excludes halogenated alkanes) is 1. The molecular weight excluding hydrogens is 386 g/mol. The Labute approximate surface area is 178 Å². The Kier molecular flexibility index (Phi) is 9.88. The molecule has 1 N–H and O–H groups in total. The van der Waals surface area contributed by atoms with Gasteiger partial charge in [0.05, 0.1) is 11.9 Å². The fourth-order valence-electron chi connectivity index (χ4n) is 3.37. The highest BCUT2D eigenvalue weighted by Crippen LogP contribution is 2.36. The number of hydrogen-bond donors (Lipinski definition) is 1. The zero-order valence-electron chi connectivity index (χ0n) is 17.7. The van der Waals surface area contributed by atoms with Gasteiger partial charge in [0.2, 0.25) is 5.91 Å². The fourth-order valence-corrected chi connectivity index (χ4v) is 4.56. The van der Waals surface area contributed by atoms with Crippen molar-refractivity contribution in [2.75, 3.05) is 19.8 Å². The average Bonchev–Trinajstić information content (AvgIpc) is 2.96. The molecule has 2 rings (SSSR count). The summed E-state index contributed by atoms with van der Waals surface area (Å²) in [5.74, 6) is -0.581. The highest BCUT2D eigenvalue weighted by molar-refractivity contribution is 8.01. The van der Waals surface area contributed by atoms with Crippen LogP contribution in [0.5, 0.6) is 0 Å². The maximum atomic E-state index is 12.6. The highest BCUT2D eigenvalue weighted by Gasteiger charge is 2.42. The smallest absolute Gasteiger partial charge is 0.220 e. The maximum Gasteiger partial charge on any atom is 0.220 e. The van der Waals surface area contributed by atoms with Crippen LogP contribution in [-0.2, 0) is 25.5 Å². The van der Waals surface area contributed by atoms with Gasteiger partial charge < -0.3 is 10.1 Å². The van der Waals surface area contributed by atoms with Crippen molar-refractivity contribution >= 4 is 29.2 Å². The zero-order valence-corrected chi connectivity index (χ0v) is 18.6. The third-order valence-corrected chi connectivity index (χ3v) is 6.18. The summed E-state index contributed by atoms with van der Waals surface area (Å²) in [7, 11) is 0. The Morgan fingerprint density at radius 3 is 2.59 bits per heavy atom. The Morgan fingerprint density at radius 2 is 1.93 bits per heavy atom. The molecule has 1 aromatic rings. The van der Waals surface area contributed by atoms with E-state index in [-0.39, 0.29) is 22.7 Å². The summed E-state index contributed by atoms with van der Waals surface area (Å²) in [6.45, 7) is 8.01. The molecular formula is C23H33NO4S. The van der Waals surface area contributed by atoms with Gasteiger partial charge in [-0.1, -0.05) is 51.5 Å². The van der Waals surface area contributed by atoms with Gasteiger partial charge in [-0.2, -0.15) is 0 Å². The van der Waals surface area contributed by atoms with Crippen molar-refractivity contribution in [1.29, 1.82) is 0 Å². The predicted molar refractivity (Wildman–Crippen MR) is 117 cm³/mol. The number of amides is 1. The molecule has 0 bridgehead atoms. The lowest BCUT2D eigenvalue weighted by Crippen LogP contribution is -2.27. The molecule has 1 aliphatic carbocycles. The Morgan fingerprint density at radius 1 is 1.21 bits per heavy atom. The standard InChI is InChI=1S/C23H33NO4S/c1-4-5-13-28-14-12-24-21(26)11-8-17-6-9-18(10-7-17)22-19(25)15-20(23(22)27)29-16(2)3/h6-7,9-10,16,20,22H,4-5,8,11-15H2,1-3H3,(H,24,26). The third-order valence-electron chi connectivity index (χ3n) is 4.91. The molecule has 0 aliphatic heterocycles. The molecule has 1 aromatic carbocycles. The highest BCUT2D eigenvalue weighted by atomic mass is 32.2. The quantitative estimate of drug-likeness (QED) is 0.413. The molecule has 1 amide bonds. The first kappa shape index (κ1) is 23.6. The lowest BCUT2D eigenvalue weighted by Gasteiger charge is -2.12. The average molecular weight is 420 g/mol. The van der Waals surface area contributed by atoms with Crippen LogP contribution in [-0.4, -0.2) is 47.7 Å². The van der Waals surface area contributed by atoms with Crippen LogP contribution < -0.4 is 5.32 Å². The van der Waals surface area contributed by atoms with Crippen molar-refractivity contribution in [2.24, 2.45) is 0 Å². The van der Waals surface area contributed by atoms with Crippen LogP contribution in [0.4, 0.5) is 0 Å². The molecule has 2 unspecified atom stereocenters. The summed E-state index contributed by atoms with van der Waals surface area (Å²) in [4.78, 5) is 36.9. The summed E-state index contributed by atoms with van der Waals surface area (Å²) >= 11 is 1.57. The molecule has 0 heterocycles. The van der Waals surface area contributed by atoms with Gasteiger partial charge in [-0.3, -0.25) is 14.4 Å². The molecule has 5 nitrogen and oxygen atoms in total. The lowest BCUT2D eigenvalue weighted by atomic mass is 9.94. The summed E-state index contributed by atoms with van der Waals surface area (Å²) in [5.41, 5.74) is 1.79. The van der Waals surface area contributed by atoms with E-state index in [1.807, 2.05) is 38.1 Å². The van der Waals surface area contributed by atoms with Gasteiger partial charge in [0.15, 0.2) is 5.78 Å². The SMILES string of the molecule is CCCCOCCNC(=O)CCc1ccc(C2C(=O)CC(SC(C)C)C2=O)cc1. The van der Waals surface area contributed by atoms with Crippen molar-refractivity contribution < 1.29 is 19.1 Å². The topological polar surface area (TPSA) is 72.5 Å². The molecule has 2 atom stereocenters. The van der Waals surface area contributed by atoms with Crippen LogP contribution in [0.15, 0.2) is 24.3 Å². The molecule has 29 heavy (non-hydrogen) atoms. The largest absolute Gasteiger partial charge is 0.380 e. The van der Waals surface area contributed by atoms with E-state index >= 15 is 0 Å². The number of benzene rings is 1. The van der Waals surface area contributed by atoms with Gasteiger partial charge in [0.1, 0.15) is 11.7 Å². The molecule has 1 aliphatic rings. The lowest BCUT2D eigenvalue weighted by molar-refractivity contribution is -0.124. The second-order valence-electron chi connectivity index (χ2n) is 7.74. The van der Waals surface area contributed by atoms with E-state index in [1.54, 1.807) is 11.8 Å². The van der Waals surface area contributed by atoms with E-state index in [1.165, 1.54) is 0 Å². The number of aryl methyl sites for hydroxylation is 1. The van der Waals surface area contributed by atoms with Gasteiger partial charge in [0.25, 0.3) is 0 Å². The van der Waals surface area contributed by atoms with E-state index in [4.69, 9.17) is 4.74 Å². The molecule has 1 saturated carbocycles. The minimum Gasteiger partial charge on any atom is -0.380 e. The predicted octanol–water partition coefficient (Wildman–Crippen LogP) is 3.69. The van der Waals surface area contributed by atoms with Crippen LogP contribution >= 0.6 is 11.8 Å². The number of nitrogens with one attached hydrogen (secondary N) is 1. The second-order valence-corrected chi connectivity index (χ2v) is 9.52. The van der Waals surface area contributed by atoms with Gasteiger partial charge in [0, 0.05) is 26.0 Å². The number of carbonyl (C=O) groups excluding carboxylic acids is 3. The van der Waals surface area contributed by atoms with Gasteiger partial charge in [-0.15, -0.1) is 11.8 Å². The van der Waals surface area contributed by atoms with Crippen molar-refractivity contribution in [1.82, 2.24) is 5.32 Å². The van der Waals surface area contributed by atoms with E-state index < -0.39 is 5.92 Å². The van der Waals surface area contributed by atoms with Crippen LogP contribution in [0.1, 0.15) is 63.5 Å². The molecule has 0 aromatic heterocycles. The van der Waals surface area contributed by atoms with Gasteiger partial charge in [-0.25, -0.2) is 0 Å². The number of thioether (sulfide) groups is 1. The van der Waals surface area contributed by atoms with Gasteiger partial charge >= 0.3 is 0 Å². The van der Waals surface area contributed by atoms with E-state index in [2.05, 4.69) is 12.2 Å². The van der Waals surface area contributed by atoms with Crippen molar-refractivity contribution in [3.63, 3.8) is 0 Å². The number of ether oxygens (including phenoxy) is 1. The summed E-state index contributed by atoms with van der Waals surface area (Å²) in [6, 6.07) is 7.55. The first-order valence-corrected chi connectivity index (χ1v) is 11.5. The zero-order chi connectivity index (χ0) is 21.2. The van der Waals surface area contributed by atoms with E-state index in [9.17, 15) is 14.4 Å². The molecule has 0 spiro atoms. The first-order valence-electron chi connectivity index (χ1n) is 10.6. The summed E-state index contributed by atoms with van der Waals surface area (Å²) in [6.07, 6.45) is 3.51. The van der Waals surface area contributed by atoms with Gasteiger partial charge in [-0.05, 0) is 29.2 Å². The first-order chi connectivity index (χ1) is 13.9. The molecule has 1 fully saturated rings. The van der Waals surface area contributed by atoms with Crippen LogP contribution in [0.2, 0.25) is 0 Å². The Balaban J connectivity index is 1.78. The number of carbonyl (C=O) groups is 3. The number of ketones is 2. The maximum absolute atomic E-state index is 12.6.